The first-order valence-electron chi connectivity index (χ1n) is 6.45. The molecule has 0 aliphatic carbocycles. The summed E-state index contributed by atoms with van der Waals surface area (Å²) in [5.41, 5.74) is 1.37. The fourth-order valence-electron chi connectivity index (χ4n) is 1.99. The molecule has 0 bridgehead atoms. The first-order valence-corrected chi connectivity index (χ1v) is 6.45. The van der Waals surface area contributed by atoms with Gasteiger partial charge in [-0.05, 0) is 25.6 Å². The van der Waals surface area contributed by atoms with Crippen LogP contribution in [-0.2, 0) is 0 Å². The van der Waals surface area contributed by atoms with Gasteiger partial charge in [-0.15, -0.1) is 5.10 Å². The summed E-state index contributed by atoms with van der Waals surface area (Å²) in [7, 11) is 0. The quantitative estimate of drug-likeness (QED) is 0.803. The van der Waals surface area contributed by atoms with E-state index >= 15 is 0 Å². The maximum absolute atomic E-state index is 12.2. The zero-order chi connectivity index (χ0) is 13.7. The zero-order valence-electron chi connectivity index (χ0n) is 11.2. The maximum atomic E-state index is 12.2. The van der Waals surface area contributed by atoms with Crippen molar-refractivity contribution in [2.24, 2.45) is 0 Å². The number of nitrogens with zero attached hydrogens (tertiary/aromatic N) is 3. The summed E-state index contributed by atoms with van der Waals surface area (Å²) >= 11 is 0. The number of hydrogen-bond donors (Lipinski definition) is 1. The molecule has 2 rings (SSSR count). The van der Waals surface area contributed by atoms with Crippen LogP contribution >= 0.6 is 0 Å². The molecule has 0 fully saturated rings. The topological polar surface area (TPSA) is 59.8 Å². The lowest BCUT2D eigenvalue weighted by atomic mass is 10.1. The predicted molar refractivity (Wildman–Crippen MR) is 73.4 cm³/mol. The number of carbonyl (C=O) groups excluding carboxylic acids is 1. The molecule has 0 aliphatic heterocycles. The van der Waals surface area contributed by atoms with E-state index in [4.69, 9.17) is 0 Å². The lowest BCUT2D eigenvalue weighted by Crippen LogP contribution is -2.28. The fourth-order valence-corrected chi connectivity index (χ4v) is 1.99. The average molecular weight is 258 g/mol. The molecule has 0 spiro atoms. The molecule has 0 saturated carbocycles. The maximum Gasteiger partial charge on any atom is 0.184 e. The Kier molecular flexibility index (Phi) is 4.41. The smallest absolute Gasteiger partial charge is 0.184 e. The van der Waals surface area contributed by atoms with Crippen molar-refractivity contribution in [1.82, 2.24) is 20.3 Å². The molecule has 5 heteroatoms. The molecule has 2 aromatic rings. The van der Waals surface area contributed by atoms with Gasteiger partial charge in [0, 0.05) is 12.5 Å². The molecule has 1 aromatic heterocycles. The number of ketones is 1. The van der Waals surface area contributed by atoms with Gasteiger partial charge in [-0.3, -0.25) is 4.79 Å². The van der Waals surface area contributed by atoms with Crippen LogP contribution in [0.15, 0.2) is 36.5 Å². The number of rotatable bonds is 6. The normalized spacial score (nSPS) is 12.3. The Morgan fingerprint density at radius 1 is 1.37 bits per heavy atom. The van der Waals surface area contributed by atoms with E-state index < -0.39 is 0 Å². The van der Waals surface area contributed by atoms with Crippen LogP contribution in [0.4, 0.5) is 0 Å². The summed E-state index contributed by atoms with van der Waals surface area (Å²) < 4.78 is 1.58. The van der Waals surface area contributed by atoms with Crippen LogP contribution in [0.3, 0.4) is 0 Å². The molecule has 0 amide bonds. The molecule has 0 radical (unpaired) electrons. The average Bonchev–Trinajstić information content (AvgIpc) is 2.89. The number of nitrogens with one attached hydrogen (secondary N) is 1. The molecule has 5 nitrogen and oxygen atoms in total. The highest BCUT2D eigenvalue weighted by Crippen LogP contribution is 2.11. The summed E-state index contributed by atoms with van der Waals surface area (Å²) in [6, 6.07) is 9.70. The fraction of sp³-hybridized carbons (Fsp3) is 0.357. The molecular weight excluding hydrogens is 240 g/mol. The third kappa shape index (κ3) is 3.26. The number of para-hydroxylation sites is 1. The van der Waals surface area contributed by atoms with Crippen LogP contribution in [0.25, 0.3) is 5.69 Å². The predicted octanol–water partition coefficient (Wildman–Crippen LogP) is 1.84. The number of aromatic nitrogens is 3. The summed E-state index contributed by atoms with van der Waals surface area (Å²) in [5.74, 6) is 0.0438. The van der Waals surface area contributed by atoms with E-state index in [1.54, 1.807) is 4.68 Å². The van der Waals surface area contributed by atoms with Gasteiger partial charge in [-0.1, -0.05) is 30.3 Å². The van der Waals surface area contributed by atoms with Gasteiger partial charge in [-0.25, -0.2) is 4.68 Å². The van der Waals surface area contributed by atoms with Gasteiger partial charge in [0.15, 0.2) is 5.78 Å². The number of Topliss-reactive ketones (excluding diaryl/α,β-unsaturated/α-hetero) is 1. The minimum Gasteiger partial charge on any atom is -0.314 e. The van der Waals surface area contributed by atoms with Crippen LogP contribution < -0.4 is 5.32 Å². The van der Waals surface area contributed by atoms with Crippen LogP contribution in [0.5, 0.6) is 0 Å². The van der Waals surface area contributed by atoms with Gasteiger partial charge in [-0.2, -0.15) is 0 Å². The van der Waals surface area contributed by atoms with Crippen LogP contribution in [-0.4, -0.2) is 33.4 Å². The Morgan fingerprint density at radius 2 is 2.11 bits per heavy atom. The van der Waals surface area contributed by atoms with Gasteiger partial charge < -0.3 is 5.32 Å². The summed E-state index contributed by atoms with van der Waals surface area (Å²) in [6.07, 6.45) is 1.96. The number of carbonyl (C=O) groups is 1. The Hall–Kier alpha value is -2.01. The standard InChI is InChI=1S/C14H18N4O/c1-3-15-11(2)9-14(19)13-10-16-17-18(13)12-7-5-4-6-8-12/h4-8,10-11,15H,3,9H2,1-2H3. The highest BCUT2D eigenvalue weighted by atomic mass is 16.1. The second-order valence-corrected chi connectivity index (χ2v) is 4.45. The van der Waals surface area contributed by atoms with Gasteiger partial charge in [0.1, 0.15) is 5.69 Å². The van der Waals surface area contributed by atoms with E-state index in [9.17, 15) is 4.79 Å². The van der Waals surface area contributed by atoms with Crippen molar-refractivity contribution in [2.45, 2.75) is 26.3 Å². The summed E-state index contributed by atoms with van der Waals surface area (Å²) in [5, 5.41) is 11.1. The molecule has 1 atom stereocenters. The van der Waals surface area contributed by atoms with Gasteiger partial charge in [0.2, 0.25) is 0 Å². The van der Waals surface area contributed by atoms with Gasteiger partial charge in [0.05, 0.1) is 11.9 Å². The van der Waals surface area contributed by atoms with Gasteiger partial charge in [0.25, 0.3) is 0 Å². The molecule has 0 aliphatic rings. The van der Waals surface area contributed by atoms with E-state index in [1.165, 1.54) is 6.20 Å². The minimum atomic E-state index is 0.0438. The molecule has 1 aromatic carbocycles. The number of hydrogen-bond acceptors (Lipinski definition) is 4. The van der Waals surface area contributed by atoms with Crippen molar-refractivity contribution in [1.29, 1.82) is 0 Å². The van der Waals surface area contributed by atoms with E-state index in [-0.39, 0.29) is 11.8 Å². The monoisotopic (exact) mass is 258 g/mol. The lowest BCUT2D eigenvalue weighted by Gasteiger charge is -2.11. The van der Waals surface area contributed by atoms with E-state index in [1.807, 2.05) is 44.2 Å². The second-order valence-electron chi connectivity index (χ2n) is 4.45. The summed E-state index contributed by atoms with van der Waals surface area (Å²) in [6.45, 7) is 4.87. The second kappa shape index (κ2) is 6.24. The van der Waals surface area contributed by atoms with E-state index in [2.05, 4.69) is 15.6 Å². The lowest BCUT2D eigenvalue weighted by molar-refractivity contribution is 0.0964. The minimum absolute atomic E-state index is 0.0438. The van der Waals surface area contributed by atoms with E-state index in [0.29, 0.717) is 12.1 Å². The Balaban J connectivity index is 2.18. The molecule has 1 N–H and O–H groups in total. The van der Waals surface area contributed by atoms with Gasteiger partial charge >= 0.3 is 0 Å². The van der Waals surface area contributed by atoms with Crippen molar-refractivity contribution >= 4 is 5.78 Å². The number of benzene rings is 1. The highest BCUT2D eigenvalue weighted by molar-refractivity contribution is 5.95. The molecule has 19 heavy (non-hydrogen) atoms. The molecule has 1 heterocycles. The third-order valence-electron chi connectivity index (χ3n) is 2.88. The van der Waals surface area contributed by atoms with Crippen molar-refractivity contribution in [2.75, 3.05) is 6.54 Å². The van der Waals surface area contributed by atoms with Crippen molar-refractivity contribution < 1.29 is 4.79 Å². The van der Waals surface area contributed by atoms with Crippen LogP contribution in [0.2, 0.25) is 0 Å². The zero-order valence-corrected chi connectivity index (χ0v) is 11.2. The van der Waals surface area contributed by atoms with Crippen LogP contribution in [0.1, 0.15) is 30.8 Å². The van der Waals surface area contributed by atoms with Crippen molar-refractivity contribution in [3.63, 3.8) is 0 Å². The van der Waals surface area contributed by atoms with E-state index in [0.717, 1.165) is 12.2 Å². The SMILES string of the molecule is CCNC(C)CC(=O)c1cnnn1-c1ccccc1. The Morgan fingerprint density at radius 3 is 2.79 bits per heavy atom. The molecular formula is C14H18N4O. The van der Waals surface area contributed by atoms with Crippen molar-refractivity contribution in [3.05, 3.63) is 42.2 Å². The molecule has 1 unspecified atom stereocenters. The first kappa shape index (κ1) is 13.4. The van der Waals surface area contributed by atoms with Crippen LogP contribution in [0, 0.1) is 0 Å². The molecule has 100 valence electrons. The first-order chi connectivity index (χ1) is 9.22. The summed E-state index contributed by atoms with van der Waals surface area (Å²) in [4.78, 5) is 12.2. The largest absolute Gasteiger partial charge is 0.314 e. The third-order valence-corrected chi connectivity index (χ3v) is 2.88. The molecule has 0 saturated heterocycles. The Bertz CT molecular complexity index is 535. The van der Waals surface area contributed by atoms with Crippen molar-refractivity contribution in [3.8, 4) is 5.69 Å². The Labute approximate surface area is 112 Å². The highest BCUT2D eigenvalue weighted by Gasteiger charge is 2.16.